The number of carbonyl (C=O) groups is 1. The van der Waals surface area contributed by atoms with Crippen molar-refractivity contribution in [1.82, 2.24) is 4.72 Å². The molecule has 0 atom stereocenters. The van der Waals surface area contributed by atoms with Crippen molar-refractivity contribution in [1.29, 1.82) is 0 Å². The quantitative estimate of drug-likeness (QED) is 0.568. The topological polar surface area (TPSA) is 84.8 Å². The average molecular weight is 503 g/mol. The first-order chi connectivity index (χ1) is 14.8. The molecular weight excluding hydrogens is 487 g/mol. The van der Waals surface area contributed by atoms with Crippen LogP contribution >= 0.6 is 15.9 Å². The number of amides is 1. The first-order valence-corrected chi connectivity index (χ1v) is 11.5. The van der Waals surface area contributed by atoms with Crippen LogP contribution in [0.3, 0.4) is 0 Å². The third-order valence-electron chi connectivity index (χ3n) is 4.90. The number of nitrogens with zero attached hydrogens (tertiary/aromatic N) is 1. The molecule has 0 bridgehead atoms. The second-order valence-electron chi connectivity index (χ2n) is 6.88. The SMILES string of the molecule is O=C(NS(=O)(=O)c1ccc(Br)c(F)c1)C1=NOC(c2ccccc2)(c2ccccc2)C1. The van der Waals surface area contributed by atoms with Gasteiger partial charge in [0.1, 0.15) is 5.82 Å². The van der Waals surface area contributed by atoms with E-state index in [2.05, 4.69) is 21.1 Å². The molecule has 0 unspecified atom stereocenters. The summed E-state index contributed by atoms with van der Waals surface area (Å²) in [5.74, 6) is -1.69. The van der Waals surface area contributed by atoms with Gasteiger partial charge in [-0.2, -0.15) is 0 Å². The van der Waals surface area contributed by atoms with Gasteiger partial charge in [0.15, 0.2) is 11.3 Å². The molecule has 0 saturated heterocycles. The molecular formula is C22H16BrFN2O4S. The molecule has 0 saturated carbocycles. The van der Waals surface area contributed by atoms with Crippen molar-refractivity contribution >= 4 is 37.6 Å². The lowest BCUT2D eigenvalue weighted by molar-refractivity contribution is -0.113. The molecule has 1 aliphatic rings. The number of halogens is 2. The predicted octanol–water partition coefficient (Wildman–Crippen LogP) is 4.11. The zero-order valence-corrected chi connectivity index (χ0v) is 18.4. The lowest BCUT2D eigenvalue weighted by Gasteiger charge is -2.27. The van der Waals surface area contributed by atoms with Crippen LogP contribution in [0.2, 0.25) is 0 Å². The van der Waals surface area contributed by atoms with E-state index >= 15 is 0 Å². The number of hydrogen-bond acceptors (Lipinski definition) is 5. The first kappa shape index (κ1) is 21.2. The van der Waals surface area contributed by atoms with Gasteiger partial charge in [-0.25, -0.2) is 17.5 Å². The van der Waals surface area contributed by atoms with E-state index in [4.69, 9.17) is 4.84 Å². The van der Waals surface area contributed by atoms with Gasteiger partial charge < -0.3 is 4.84 Å². The van der Waals surface area contributed by atoms with Gasteiger partial charge in [-0.1, -0.05) is 65.8 Å². The van der Waals surface area contributed by atoms with Gasteiger partial charge in [-0.05, 0) is 34.1 Å². The minimum atomic E-state index is -4.30. The van der Waals surface area contributed by atoms with Crippen molar-refractivity contribution in [2.75, 3.05) is 0 Å². The molecule has 6 nitrogen and oxygen atoms in total. The van der Waals surface area contributed by atoms with Crippen molar-refractivity contribution in [3.63, 3.8) is 0 Å². The molecule has 1 amide bonds. The number of oxime groups is 1. The van der Waals surface area contributed by atoms with Gasteiger partial charge in [0, 0.05) is 11.1 Å². The molecule has 0 radical (unpaired) electrons. The summed E-state index contributed by atoms with van der Waals surface area (Å²) in [6.45, 7) is 0. The van der Waals surface area contributed by atoms with Gasteiger partial charge in [0.05, 0.1) is 15.8 Å². The highest BCUT2D eigenvalue weighted by atomic mass is 79.9. The van der Waals surface area contributed by atoms with Gasteiger partial charge in [-0.15, -0.1) is 0 Å². The predicted molar refractivity (Wildman–Crippen MR) is 116 cm³/mol. The second-order valence-corrected chi connectivity index (χ2v) is 9.41. The van der Waals surface area contributed by atoms with E-state index in [-0.39, 0.29) is 21.5 Å². The van der Waals surface area contributed by atoms with Gasteiger partial charge in [0.2, 0.25) is 0 Å². The number of hydrogen-bond donors (Lipinski definition) is 1. The minimum Gasteiger partial charge on any atom is -0.379 e. The molecule has 9 heteroatoms. The molecule has 0 fully saturated rings. The Hall–Kier alpha value is -3.04. The smallest absolute Gasteiger partial charge is 0.282 e. The molecule has 0 spiro atoms. The fourth-order valence-corrected chi connectivity index (χ4v) is 4.56. The summed E-state index contributed by atoms with van der Waals surface area (Å²) in [4.78, 5) is 18.1. The lowest BCUT2D eigenvalue weighted by Crippen LogP contribution is -2.37. The molecule has 0 aromatic heterocycles. The summed E-state index contributed by atoms with van der Waals surface area (Å²) in [6, 6.07) is 21.7. The van der Waals surface area contributed by atoms with E-state index < -0.39 is 27.3 Å². The normalized spacial score (nSPS) is 15.1. The van der Waals surface area contributed by atoms with Crippen molar-refractivity contribution < 1.29 is 22.4 Å². The van der Waals surface area contributed by atoms with Crippen LogP contribution in [-0.2, 0) is 25.3 Å². The highest BCUT2D eigenvalue weighted by Gasteiger charge is 2.45. The maximum Gasteiger partial charge on any atom is 0.282 e. The molecule has 1 aliphatic heterocycles. The molecule has 4 rings (SSSR count). The van der Waals surface area contributed by atoms with E-state index in [1.807, 2.05) is 65.4 Å². The standard InChI is InChI=1S/C22H16BrFN2O4S/c23-18-12-11-17(13-19(18)24)31(28,29)26-21(27)20-14-22(30-25-20,15-7-3-1-4-8-15)16-9-5-2-6-10-16/h1-13H,14H2,(H,26,27). The zero-order chi connectivity index (χ0) is 22.1. The Morgan fingerprint density at radius 2 is 1.58 bits per heavy atom. The zero-order valence-electron chi connectivity index (χ0n) is 16.0. The lowest BCUT2D eigenvalue weighted by atomic mass is 9.82. The van der Waals surface area contributed by atoms with Crippen LogP contribution in [0, 0.1) is 5.82 Å². The van der Waals surface area contributed by atoms with Gasteiger partial charge in [-0.3, -0.25) is 4.79 Å². The fraction of sp³-hybridized carbons (Fsp3) is 0.0909. The fourth-order valence-electron chi connectivity index (χ4n) is 3.33. The Morgan fingerprint density at radius 1 is 1.00 bits per heavy atom. The van der Waals surface area contributed by atoms with E-state index in [9.17, 15) is 17.6 Å². The van der Waals surface area contributed by atoms with E-state index in [0.717, 1.165) is 17.2 Å². The van der Waals surface area contributed by atoms with Gasteiger partial charge >= 0.3 is 0 Å². The van der Waals surface area contributed by atoms with Crippen LogP contribution in [0.4, 0.5) is 4.39 Å². The van der Waals surface area contributed by atoms with E-state index in [1.165, 1.54) is 12.1 Å². The summed E-state index contributed by atoms with van der Waals surface area (Å²) in [5.41, 5.74) is 0.382. The van der Waals surface area contributed by atoms with E-state index in [1.54, 1.807) is 0 Å². The molecule has 3 aromatic carbocycles. The molecule has 1 N–H and O–H groups in total. The van der Waals surface area contributed by atoms with Crippen LogP contribution in [0.25, 0.3) is 0 Å². The van der Waals surface area contributed by atoms with Crippen LogP contribution in [0.15, 0.2) is 93.4 Å². The molecule has 1 heterocycles. The molecule has 0 aliphatic carbocycles. The maximum absolute atomic E-state index is 13.8. The Labute approximate surface area is 186 Å². The molecule has 3 aromatic rings. The molecule has 31 heavy (non-hydrogen) atoms. The second kappa shape index (κ2) is 8.24. The Kier molecular flexibility index (Phi) is 5.63. The summed E-state index contributed by atoms with van der Waals surface area (Å²) in [7, 11) is -4.30. The first-order valence-electron chi connectivity index (χ1n) is 9.20. The van der Waals surface area contributed by atoms with Crippen molar-refractivity contribution in [3.05, 3.63) is 100 Å². The van der Waals surface area contributed by atoms with E-state index in [0.29, 0.717) is 0 Å². The van der Waals surface area contributed by atoms with Gasteiger partial charge in [0.25, 0.3) is 15.9 Å². The largest absolute Gasteiger partial charge is 0.379 e. The summed E-state index contributed by atoms with van der Waals surface area (Å²) >= 11 is 2.96. The van der Waals surface area contributed by atoms with Crippen LogP contribution < -0.4 is 4.72 Å². The van der Waals surface area contributed by atoms with Crippen molar-refractivity contribution in [2.24, 2.45) is 5.16 Å². The Morgan fingerprint density at radius 3 is 2.13 bits per heavy atom. The highest BCUT2D eigenvalue weighted by Crippen LogP contribution is 2.41. The van der Waals surface area contributed by atoms with Crippen LogP contribution in [-0.4, -0.2) is 20.0 Å². The number of rotatable bonds is 5. The minimum absolute atomic E-state index is 0.0249. The highest BCUT2D eigenvalue weighted by molar-refractivity contribution is 9.10. The summed E-state index contributed by atoms with van der Waals surface area (Å²) in [5, 5.41) is 3.91. The number of carbonyl (C=O) groups excluding carboxylic acids is 1. The summed E-state index contributed by atoms with van der Waals surface area (Å²) in [6.07, 6.45) is 0.0249. The third-order valence-corrected chi connectivity index (χ3v) is 6.87. The monoisotopic (exact) mass is 502 g/mol. The number of nitrogens with one attached hydrogen (secondary N) is 1. The summed E-state index contributed by atoms with van der Waals surface area (Å²) < 4.78 is 40.9. The van der Waals surface area contributed by atoms with Crippen molar-refractivity contribution in [2.45, 2.75) is 16.9 Å². The maximum atomic E-state index is 13.8. The Balaban J connectivity index is 1.61. The molecule has 158 valence electrons. The average Bonchev–Trinajstić information content (AvgIpc) is 3.23. The number of sulfonamides is 1. The Bertz CT molecular complexity index is 1230. The third kappa shape index (κ3) is 4.11. The van der Waals surface area contributed by atoms with Crippen LogP contribution in [0.5, 0.6) is 0 Å². The number of benzene rings is 3. The van der Waals surface area contributed by atoms with Crippen molar-refractivity contribution in [3.8, 4) is 0 Å². The van der Waals surface area contributed by atoms with Crippen LogP contribution in [0.1, 0.15) is 17.5 Å².